The molecule has 0 aromatic heterocycles. The number of fused-ring (bicyclic) bond motifs is 1. The summed E-state index contributed by atoms with van der Waals surface area (Å²) >= 11 is 1.50. The van der Waals surface area contributed by atoms with Crippen molar-refractivity contribution in [3.63, 3.8) is 0 Å². The van der Waals surface area contributed by atoms with Crippen LogP contribution in [0.2, 0.25) is 0 Å². The summed E-state index contributed by atoms with van der Waals surface area (Å²) in [4.78, 5) is 13.0. The average Bonchev–Trinajstić information content (AvgIpc) is 2.62. The predicted octanol–water partition coefficient (Wildman–Crippen LogP) is 2.45. The summed E-state index contributed by atoms with van der Waals surface area (Å²) in [5, 5.41) is 0. The molecule has 2 aromatic carbocycles. The van der Waals surface area contributed by atoms with Gasteiger partial charge in [0.2, 0.25) is 5.91 Å². The van der Waals surface area contributed by atoms with Crippen molar-refractivity contribution in [1.29, 1.82) is 0 Å². The Morgan fingerprint density at radius 3 is 2.52 bits per heavy atom. The first-order chi connectivity index (χ1) is 12.0. The van der Waals surface area contributed by atoms with E-state index in [0.29, 0.717) is 30.5 Å². The summed E-state index contributed by atoms with van der Waals surface area (Å²) in [5.74, 6) is 0.808. The molecule has 2 aromatic rings. The molecule has 0 radical (unpaired) electrons. The number of benzene rings is 2. The molecule has 1 aliphatic rings. The number of carbonyl (C=O) groups is 1. The molecule has 0 saturated heterocycles. The van der Waals surface area contributed by atoms with Crippen LogP contribution < -0.4 is 14.2 Å². The molecule has 1 heterocycles. The van der Waals surface area contributed by atoms with Crippen LogP contribution in [0.4, 0.5) is 0 Å². The van der Waals surface area contributed by atoms with Crippen LogP contribution in [-0.2, 0) is 14.8 Å². The van der Waals surface area contributed by atoms with Gasteiger partial charge in [-0.25, -0.2) is 13.1 Å². The second-order valence-corrected chi connectivity index (χ2v) is 8.10. The van der Waals surface area contributed by atoms with Crippen LogP contribution in [0.5, 0.6) is 11.5 Å². The fraction of sp³-hybridized carbons (Fsp3) is 0.235. The van der Waals surface area contributed by atoms with Crippen LogP contribution >= 0.6 is 11.8 Å². The SMILES string of the molecule is O=C(CCSc1ccccc1)NS(=O)(=O)c1ccc2c(c1)OCCO2. The average molecular weight is 379 g/mol. The minimum atomic E-state index is -3.93. The van der Waals surface area contributed by atoms with Crippen LogP contribution in [0, 0.1) is 0 Å². The zero-order valence-corrected chi connectivity index (χ0v) is 14.9. The minimum Gasteiger partial charge on any atom is -0.486 e. The molecule has 1 amide bonds. The highest BCUT2D eigenvalue weighted by Crippen LogP contribution is 2.32. The van der Waals surface area contributed by atoms with Gasteiger partial charge in [0.1, 0.15) is 13.2 Å². The fourth-order valence-corrected chi connectivity index (χ4v) is 4.13. The molecule has 1 aliphatic heterocycles. The van der Waals surface area contributed by atoms with Crippen molar-refractivity contribution in [2.24, 2.45) is 0 Å². The number of hydrogen-bond acceptors (Lipinski definition) is 6. The Morgan fingerprint density at radius 1 is 1.04 bits per heavy atom. The monoisotopic (exact) mass is 379 g/mol. The Labute approximate surface area is 150 Å². The fourth-order valence-electron chi connectivity index (χ4n) is 2.23. The van der Waals surface area contributed by atoms with E-state index >= 15 is 0 Å². The number of thioether (sulfide) groups is 1. The van der Waals surface area contributed by atoms with Gasteiger partial charge in [0.05, 0.1) is 4.90 Å². The van der Waals surface area contributed by atoms with Gasteiger partial charge in [-0.05, 0) is 24.3 Å². The highest BCUT2D eigenvalue weighted by molar-refractivity contribution is 7.99. The Kier molecular flexibility index (Phi) is 5.50. The van der Waals surface area contributed by atoms with Crippen molar-refractivity contribution >= 4 is 27.7 Å². The van der Waals surface area contributed by atoms with Gasteiger partial charge < -0.3 is 9.47 Å². The van der Waals surface area contributed by atoms with E-state index in [2.05, 4.69) is 4.72 Å². The van der Waals surface area contributed by atoms with E-state index in [1.165, 1.54) is 30.0 Å². The maximum atomic E-state index is 12.3. The molecule has 8 heteroatoms. The largest absolute Gasteiger partial charge is 0.486 e. The van der Waals surface area contributed by atoms with Gasteiger partial charge in [-0.15, -0.1) is 11.8 Å². The summed E-state index contributed by atoms with van der Waals surface area (Å²) in [6, 6.07) is 13.9. The lowest BCUT2D eigenvalue weighted by atomic mass is 10.3. The van der Waals surface area contributed by atoms with Crippen LogP contribution in [0.15, 0.2) is 58.3 Å². The lowest BCUT2D eigenvalue weighted by Crippen LogP contribution is -2.30. The summed E-state index contributed by atoms with van der Waals surface area (Å²) in [6.07, 6.45) is 0.101. The molecule has 0 bridgehead atoms. The van der Waals surface area contributed by atoms with E-state index in [-0.39, 0.29) is 11.3 Å². The van der Waals surface area contributed by atoms with Gasteiger partial charge in [-0.3, -0.25) is 4.79 Å². The highest BCUT2D eigenvalue weighted by atomic mass is 32.2. The van der Waals surface area contributed by atoms with Gasteiger partial charge in [0, 0.05) is 23.1 Å². The molecule has 6 nitrogen and oxygen atoms in total. The third kappa shape index (κ3) is 4.67. The van der Waals surface area contributed by atoms with Crippen molar-refractivity contribution in [3.8, 4) is 11.5 Å². The van der Waals surface area contributed by atoms with Crippen molar-refractivity contribution in [2.75, 3.05) is 19.0 Å². The van der Waals surface area contributed by atoms with Crippen molar-refractivity contribution in [1.82, 2.24) is 4.72 Å². The number of rotatable bonds is 6. The molecule has 0 fully saturated rings. The highest BCUT2D eigenvalue weighted by Gasteiger charge is 2.21. The second kappa shape index (κ2) is 7.79. The number of nitrogens with one attached hydrogen (secondary N) is 1. The lowest BCUT2D eigenvalue weighted by Gasteiger charge is -2.18. The zero-order valence-electron chi connectivity index (χ0n) is 13.3. The summed E-state index contributed by atoms with van der Waals surface area (Å²) < 4.78 is 37.5. The van der Waals surface area contributed by atoms with Gasteiger partial charge >= 0.3 is 0 Å². The van der Waals surface area contributed by atoms with Crippen LogP contribution in [0.3, 0.4) is 0 Å². The first-order valence-corrected chi connectivity index (χ1v) is 10.1. The zero-order chi connectivity index (χ0) is 17.7. The molecular weight excluding hydrogens is 362 g/mol. The standard InChI is InChI=1S/C17H17NO5S2/c19-17(8-11-24-13-4-2-1-3-5-13)18-25(20,21)14-6-7-15-16(12-14)23-10-9-22-15/h1-7,12H,8-11H2,(H,18,19). The number of carbonyl (C=O) groups excluding carboxylic acids is 1. The number of hydrogen-bond donors (Lipinski definition) is 1. The molecule has 0 unspecified atom stereocenters. The van der Waals surface area contributed by atoms with Crippen LogP contribution in [0.1, 0.15) is 6.42 Å². The smallest absolute Gasteiger partial charge is 0.264 e. The summed E-state index contributed by atoms with van der Waals surface area (Å²) in [5.41, 5.74) is 0. The molecule has 0 spiro atoms. The van der Waals surface area contributed by atoms with Crippen LogP contribution in [-0.4, -0.2) is 33.3 Å². The first kappa shape index (κ1) is 17.6. The molecule has 3 rings (SSSR count). The van der Waals surface area contributed by atoms with Crippen molar-refractivity contribution in [2.45, 2.75) is 16.2 Å². The molecule has 25 heavy (non-hydrogen) atoms. The van der Waals surface area contributed by atoms with E-state index in [0.717, 1.165) is 4.90 Å². The van der Waals surface area contributed by atoms with E-state index in [1.54, 1.807) is 0 Å². The van der Waals surface area contributed by atoms with E-state index < -0.39 is 15.9 Å². The molecule has 0 saturated carbocycles. The Morgan fingerprint density at radius 2 is 1.76 bits per heavy atom. The second-order valence-electron chi connectivity index (χ2n) is 5.25. The number of ether oxygens (including phenoxy) is 2. The molecule has 1 N–H and O–H groups in total. The van der Waals surface area contributed by atoms with E-state index in [1.807, 2.05) is 30.3 Å². The predicted molar refractivity (Wildman–Crippen MR) is 94.5 cm³/mol. The molecule has 132 valence electrons. The molecular formula is C17H17NO5S2. The third-order valence-corrected chi connectivity index (χ3v) is 5.80. The van der Waals surface area contributed by atoms with E-state index in [9.17, 15) is 13.2 Å². The van der Waals surface area contributed by atoms with E-state index in [4.69, 9.17) is 9.47 Å². The minimum absolute atomic E-state index is 0.0270. The maximum Gasteiger partial charge on any atom is 0.264 e. The van der Waals surface area contributed by atoms with Gasteiger partial charge in [-0.2, -0.15) is 0 Å². The first-order valence-electron chi connectivity index (χ1n) is 7.68. The van der Waals surface area contributed by atoms with Crippen LogP contribution in [0.25, 0.3) is 0 Å². The normalized spacial score (nSPS) is 13.3. The quantitative estimate of drug-likeness (QED) is 0.777. The van der Waals surface area contributed by atoms with Gasteiger partial charge in [0.25, 0.3) is 10.0 Å². The van der Waals surface area contributed by atoms with Gasteiger partial charge in [-0.1, -0.05) is 18.2 Å². The molecule has 0 atom stereocenters. The third-order valence-electron chi connectivity index (χ3n) is 3.41. The topological polar surface area (TPSA) is 81.7 Å². The Hall–Kier alpha value is -2.19. The van der Waals surface area contributed by atoms with Gasteiger partial charge in [0.15, 0.2) is 11.5 Å². The molecule has 0 aliphatic carbocycles. The number of sulfonamides is 1. The summed E-state index contributed by atoms with van der Waals surface area (Å²) in [6.45, 7) is 0.786. The number of amides is 1. The lowest BCUT2D eigenvalue weighted by molar-refractivity contribution is -0.118. The van der Waals surface area contributed by atoms with Crippen molar-refractivity contribution < 1.29 is 22.7 Å². The van der Waals surface area contributed by atoms with Crippen molar-refractivity contribution in [3.05, 3.63) is 48.5 Å². The summed E-state index contributed by atoms with van der Waals surface area (Å²) in [7, 11) is -3.93. The Balaban J connectivity index is 1.58. The Bertz CT molecular complexity index is 853. The maximum absolute atomic E-state index is 12.3.